The molecular formula is C12H13N5O2. The number of aromatic nitrogens is 2. The summed E-state index contributed by atoms with van der Waals surface area (Å²) >= 11 is 0. The molecule has 0 atom stereocenters. The predicted molar refractivity (Wildman–Crippen MR) is 69.4 cm³/mol. The first-order chi connectivity index (χ1) is 9.15. The normalized spacial score (nSPS) is 9.89. The minimum absolute atomic E-state index is 0.237. The van der Waals surface area contributed by atoms with Gasteiger partial charge in [-0.3, -0.25) is 9.89 Å². The van der Waals surface area contributed by atoms with E-state index < -0.39 is 6.03 Å². The molecule has 0 radical (unpaired) electrons. The Balaban J connectivity index is 1.97. The molecule has 0 aliphatic rings. The van der Waals surface area contributed by atoms with E-state index in [-0.39, 0.29) is 5.91 Å². The van der Waals surface area contributed by atoms with Crippen molar-refractivity contribution in [2.75, 3.05) is 5.32 Å². The van der Waals surface area contributed by atoms with Crippen molar-refractivity contribution in [3.8, 4) is 0 Å². The van der Waals surface area contributed by atoms with Crippen LogP contribution in [-0.4, -0.2) is 22.1 Å². The van der Waals surface area contributed by atoms with Gasteiger partial charge in [0.15, 0.2) is 0 Å². The second-order valence-corrected chi connectivity index (χ2v) is 3.84. The van der Waals surface area contributed by atoms with Crippen LogP contribution in [0.25, 0.3) is 0 Å². The van der Waals surface area contributed by atoms with E-state index in [1.807, 2.05) is 0 Å². The van der Waals surface area contributed by atoms with Crippen LogP contribution in [0.1, 0.15) is 15.9 Å². The van der Waals surface area contributed by atoms with E-state index in [1.54, 1.807) is 36.5 Å². The maximum atomic E-state index is 11.8. The third-order valence-corrected chi connectivity index (χ3v) is 2.43. The highest BCUT2D eigenvalue weighted by Crippen LogP contribution is 2.07. The first-order valence-electron chi connectivity index (χ1n) is 5.58. The molecule has 0 saturated heterocycles. The number of aromatic amines is 1. The van der Waals surface area contributed by atoms with Crippen molar-refractivity contribution in [2.45, 2.75) is 6.54 Å². The van der Waals surface area contributed by atoms with Crippen molar-refractivity contribution >= 4 is 17.8 Å². The van der Waals surface area contributed by atoms with Crippen molar-refractivity contribution < 1.29 is 9.59 Å². The van der Waals surface area contributed by atoms with E-state index in [9.17, 15) is 9.59 Å². The molecule has 0 aliphatic carbocycles. The number of carbonyl (C=O) groups excluding carboxylic acids is 2. The van der Waals surface area contributed by atoms with Crippen LogP contribution < -0.4 is 16.4 Å². The lowest BCUT2D eigenvalue weighted by atomic mass is 10.1. The molecule has 0 saturated carbocycles. The zero-order chi connectivity index (χ0) is 13.7. The van der Waals surface area contributed by atoms with Crippen LogP contribution in [0.4, 0.5) is 10.6 Å². The van der Waals surface area contributed by atoms with E-state index in [4.69, 9.17) is 5.73 Å². The summed E-state index contributed by atoms with van der Waals surface area (Å²) in [4.78, 5) is 22.4. The van der Waals surface area contributed by atoms with Crippen LogP contribution in [0.15, 0.2) is 36.5 Å². The van der Waals surface area contributed by atoms with Crippen molar-refractivity contribution in [1.29, 1.82) is 0 Å². The zero-order valence-electron chi connectivity index (χ0n) is 10.0. The largest absolute Gasteiger partial charge is 0.352 e. The summed E-state index contributed by atoms with van der Waals surface area (Å²) in [6.07, 6.45) is 1.55. The minimum Gasteiger partial charge on any atom is -0.352 e. The first kappa shape index (κ1) is 12.6. The molecule has 2 rings (SSSR count). The Morgan fingerprint density at radius 1 is 1.21 bits per heavy atom. The van der Waals surface area contributed by atoms with Crippen LogP contribution in [0.2, 0.25) is 0 Å². The molecule has 0 fully saturated rings. The second kappa shape index (κ2) is 5.67. The summed E-state index contributed by atoms with van der Waals surface area (Å²) in [7, 11) is 0. The fourth-order valence-electron chi connectivity index (χ4n) is 1.48. The van der Waals surface area contributed by atoms with Crippen molar-refractivity contribution in [3.05, 3.63) is 47.7 Å². The number of H-pyrrole nitrogens is 1. The number of hydrogen-bond donors (Lipinski definition) is 4. The Morgan fingerprint density at radius 2 is 1.95 bits per heavy atom. The van der Waals surface area contributed by atoms with Gasteiger partial charge in [0, 0.05) is 18.2 Å². The molecule has 3 amide bonds. The van der Waals surface area contributed by atoms with E-state index in [0.29, 0.717) is 17.9 Å². The predicted octanol–water partition coefficient (Wildman–Crippen LogP) is 0.830. The number of rotatable bonds is 4. The number of urea groups is 1. The lowest BCUT2D eigenvalue weighted by Crippen LogP contribution is -2.28. The number of nitrogens with two attached hydrogens (primary N) is 1. The molecule has 1 aromatic heterocycles. The van der Waals surface area contributed by atoms with Crippen molar-refractivity contribution in [2.24, 2.45) is 5.73 Å². The van der Waals surface area contributed by atoms with Gasteiger partial charge in [-0.2, -0.15) is 5.10 Å². The molecule has 7 heteroatoms. The Bertz CT molecular complexity index is 562. The second-order valence-electron chi connectivity index (χ2n) is 3.84. The molecule has 0 unspecified atom stereocenters. The highest BCUT2D eigenvalue weighted by Gasteiger charge is 2.06. The van der Waals surface area contributed by atoms with E-state index in [0.717, 1.165) is 5.56 Å². The summed E-state index contributed by atoms with van der Waals surface area (Å²) in [5.41, 5.74) is 6.34. The molecule has 7 nitrogen and oxygen atoms in total. The molecule has 19 heavy (non-hydrogen) atoms. The molecule has 0 bridgehead atoms. The summed E-state index contributed by atoms with van der Waals surface area (Å²) in [6.45, 7) is 0.331. The molecule has 2 aromatic rings. The molecule has 5 N–H and O–H groups in total. The smallest absolute Gasteiger partial charge is 0.312 e. The number of anilines is 1. The van der Waals surface area contributed by atoms with Gasteiger partial charge in [-0.25, -0.2) is 4.79 Å². The van der Waals surface area contributed by atoms with Crippen molar-refractivity contribution in [1.82, 2.24) is 15.5 Å². The maximum Gasteiger partial charge on any atom is 0.312 e. The lowest BCUT2D eigenvalue weighted by Gasteiger charge is -2.05. The minimum atomic E-state index is -0.582. The van der Waals surface area contributed by atoms with Crippen LogP contribution in [0.5, 0.6) is 0 Å². The molecular weight excluding hydrogens is 246 g/mol. The summed E-state index contributed by atoms with van der Waals surface area (Å²) in [6, 6.07) is 7.91. The number of amides is 3. The number of nitrogens with one attached hydrogen (secondary N) is 3. The number of nitrogens with zero attached hydrogens (tertiary/aromatic N) is 1. The Morgan fingerprint density at radius 3 is 2.53 bits per heavy atom. The van der Waals surface area contributed by atoms with Crippen LogP contribution in [0, 0.1) is 0 Å². The van der Waals surface area contributed by atoms with E-state index >= 15 is 0 Å². The molecule has 98 valence electrons. The Labute approximate surface area is 109 Å². The fraction of sp³-hybridized carbons (Fsp3) is 0.0833. The number of carbonyl (C=O) groups is 2. The van der Waals surface area contributed by atoms with Gasteiger partial charge in [0.2, 0.25) is 0 Å². The topological polar surface area (TPSA) is 113 Å². The van der Waals surface area contributed by atoms with Gasteiger partial charge >= 0.3 is 6.03 Å². The van der Waals surface area contributed by atoms with Crippen LogP contribution >= 0.6 is 0 Å². The Kier molecular flexibility index (Phi) is 3.77. The third kappa shape index (κ3) is 3.56. The average molecular weight is 259 g/mol. The highest BCUT2D eigenvalue weighted by atomic mass is 16.2. The van der Waals surface area contributed by atoms with Gasteiger partial charge in [-0.1, -0.05) is 12.1 Å². The van der Waals surface area contributed by atoms with Crippen LogP contribution in [-0.2, 0) is 6.54 Å². The van der Waals surface area contributed by atoms with Crippen molar-refractivity contribution in [3.63, 3.8) is 0 Å². The van der Waals surface area contributed by atoms with Gasteiger partial charge in [-0.15, -0.1) is 0 Å². The zero-order valence-corrected chi connectivity index (χ0v) is 10.0. The molecule has 1 heterocycles. The molecule has 0 spiro atoms. The first-order valence-corrected chi connectivity index (χ1v) is 5.58. The van der Waals surface area contributed by atoms with E-state index in [1.165, 1.54) is 0 Å². The monoisotopic (exact) mass is 259 g/mol. The highest BCUT2D eigenvalue weighted by molar-refractivity contribution is 6.03. The van der Waals surface area contributed by atoms with E-state index in [2.05, 4.69) is 20.8 Å². The van der Waals surface area contributed by atoms with Crippen LogP contribution in [0.3, 0.4) is 0 Å². The summed E-state index contributed by atoms with van der Waals surface area (Å²) in [5.74, 6) is 0.295. The van der Waals surface area contributed by atoms with Gasteiger partial charge < -0.3 is 16.4 Å². The molecule has 1 aromatic carbocycles. The number of primary amides is 1. The van der Waals surface area contributed by atoms with Gasteiger partial charge in [0.1, 0.15) is 5.82 Å². The van der Waals surface area contributed by atoms with Gasteiger partial charge in [0.25, 0.3) is 5.91 Å². The average Bonchev–Trinajstić information content (AvgIpc) is 2.89. The molecule has 0 aliphatic heterocycles. The maximum absolute atomic E-state index is 11.8. The standard InChI is InChI=1S/C12H13N5O2/c13-12(19)14-7-8-1-3-9(4-2-8)11(18)16-10-5-6-15-17-10/h1-6H,7H2,(H3,13,14,19)(H2,15,16,17,18). The number of benzene rings is 1. The van der Waals surface area contributed by atoms with Gasteiger partial charge in [-0.05, 0) is 17.7 Å². The SMILES string of the molecule is NC(=O)NCc1ccc(C(=O)Nc2ccn[nH]2)cc1. The number of hydrogen-bond acceptors (Lipinski definition) is 3. The summed E-state index contributed by atoms with van der Waals surface area (Å²) < 4.78 is 0. The van der Waals surface area contributed by atoms with Gasteiger partial charge in [0.05, 0.1) is 6.20 Å². The summed E-state index contributed by atoms with van der Waals surface area (Å²) in [5, 5.41) is 11.5. The third-order valence-electron chi connectivity index (χ3n) is 2.43. The Hall–Kier alpha value is -2.83. The quantitative estimate of drug-likeness (QED) is 0.652. The fourth-order valence-corrected chi connectivity index (χ4v) is 1.48. The lowest BCUT2D eigenvalue weighted by molar-refractivity contribution is 0.102.